The molecule has 1 fully saturated rings. The molecule has 1 aromatic rings. The average molecular weight is 462 g/mol. The van der Waals surface area contributed by atoms with Crippen LogP contribution in [0.15, 0.2) is 15.5 Å². The highest BCUT2D eigenvalue weighted by Gasteiger charge is 2.25. The van der Waals surface area contributed by atoms with Crippen molar-refractivity contribution in [1.82, 2.24) is 15.1 Å². The summed E-state index contributed by atoms with van der Waals surface area (Å²) in [6, 6.07) is 2.09. The third-order valence-electron chi connectivity index (χ3n) is 4.87. The van der Waals surface area contributed by atoms with E-state index in [1.165, 1.54) is 18.5 Å². The molecule has 144 valence electrons. The molecular weight excluding hydrogens is 427 g/mol. The largest absolute Gasteiger partial charge is 0.466 e. The molecule has 0 radical (unpaired) electrons. The first-order valence-corrected chi connectivity index (χ1v) is 9.38. The summed E-state index contributed by atoms with van der Waals surface area (Å²) in [7, 11) is 0. The Morgan fingerprint density at radius 1 is 1.32 bits per heavy atom. The lowest BCUT2D eigenvalue weighted by Gasteiger charge is -2.24. The van der Waals surface area contributed by atoms with Gasteiger partial charge in [0.05, 0.1) is 6.54 Å². The second kappa shape index (κ2) is 11.1. The molecule has 0 saturated carbocycles. The predicted molar refractivity (Wildman–Crippen MR) is 116 cm³/mol. The maximum absolute atomic E-state index is 5.61. The molecule has 1 aromatic heterocycles. The highest BCUT2D eigenvalue weighted by Crippen LogP contribution is 2.19. The molecule has 0 aliphatic carbocycles. The summed E-state index contributed by atoms with van der Waals surface area (Å²) >= 11 is 0. The number of aliphatic imine (C=N–C) groups is 1. The van der Waals surface area contributed by atoms with Crippen LogP contribution in [0.2, 0.25) is 0 Å². The molecule has 1 aliphatic heterocycles. The molecule has 0 spiro atoms. The predicted octanol–water partition coefficient (Wildman–Crippen LogP) is 3.64. The van der Waals surface area contributed by atoms with E-state index in [2.05, 4.69) is 42.0 Å². The van der Waals surface area contributed by atoms with Crippen LogP contribution in [0.25, 0.3) is 0 Å². The molecule has 2 rings (SSSR count). The number of hydrogen-bond donors (Lipinski definition) is 1. The van der Waals surface area contributed by atoms with E-state index >= 15 is 0 Å². The van der Waals surface area contributed by atoms with Crippen molar-refractivity contribution in [3.05, 3.63) is 23.2 Å². The lowest BCUT2D eigenvalue weighted by atomic mass is 10.1. The van der Waals surface area contributed by atoms with Gasteiger partial charge in [0, 0.05) is 31.7 Å². The number of rotatable bonds is 7. The number of nitrogens with zero attached hydrogens (tertiary/aromatic N) is 3. The molecule has 5 nitrogen and oxygen atoms in total. The van der Waals surface area contributed by atoms with Gasteiger partial charge in [-0.15, -0.1) is 24.0 Å². The first kappa shape index (κ1) is 22.3. The lowest BCUT2D eigenvalue weighted by Crippen LogP contribution is -2.40. The van der Waals surface area contributed by atoms with Crippen LogP contribution in [-0.2, 0) is 6.54 Å². The summed E-state index contributed by atoms with van der Waals surface area (Å²) in [6.07, 6.45) is 1.25. The zero-order valence-corrected chi connectivity index (χ0v) is 18.8. The molecule has 1 saturated heterocycles. The van der Waals surface area contributed by atoms with Gasteiger partial charge in [0.15, 0.2) is 5.96 Å². The summed E-state index contributed by atoms with van der Waals surface area (Å²) in [6.45, 7) is 17.9. The smallest absolute Gasteiger partial charge is 0.194 e. The Balaban J connectivity index is 0.00000312. The van der Waals surface area contributed by atoms with Gasteiger partial charge in [0.2, 0.25) is 0 Å². The Labute approximate surface area is 170 Å². The number of nitrogens with one attached hydrogen (secondary N) is 1. The van der Waals surface area contributed by atoms with Crippen molar-refractivity contribution in [2.75, 3.05) is 39.3 Å². The number of furan rings is 1. The minimum Gasteiger partial charge on any atom is -0.466 e. The Morgan fingerprint density at radius 3 is 2.60 bits per heavy atom. The molecule has 0 bridgehead atoms. The van der Waals surface area contributed by atoms with Crippen molar-refractivity contribution >= 4 is 29.9 Å². The topological polar surface area (TPSA) is 44.0 Å². The van der Waals surface area contributed by atoms with Crippen molar-refractivity contribution < 1.29 is 4.42 Å². The van der Waals surface area contributed by atoms with Crippen molar-refractivity contribution in [3.63, 3.8) is 0 Å². The number of likely N-dealkylation sites (tertiary alicyclic amines) is 1. The van der Waals surface area contributed by atoms with Gasteiger partial charge < -0.3 is 19.5 Å². The minimum absolute atomic E-state index is 0. The molecule has 25 heavy (non-hydrogen) atoms. The lowest BCUT2D eigenvalue weighted by molar-refractivity contribution is 0.255. The third kappa shape index (κ3) is 6.47. The Morgan fingerprint density at radius 2 is 2.04 bits per heavy atom. The van der Waals surface area contributed by atoms with Gasteiger partial charge in [-0.05, 0) is 52.3 Å². The van der Waals surface area contributed by atoms with E-state index in [0.717, 1.165) is 56.1 Å². The van der Waals surface area contributed by atoms with E-state index < -0.39 is 0 Å². The second-order valence-corrected chi connectivity index (χ2v) is 6.70. The molecule has 6 heteroatoms. The Kier molecular flexibility index (Phi) is 9.86. The van der Waals surface area contributed by atoms with Crippen molar-refractivity contribution in [1.29, 1.82) is 0 Å². The van der Waals surface area contributed by atoms with Crippen LogP contribution in [-0.4, -0.2) is 55.0 Å². The van der Waals surface area contributed by atoms with Gasteiger partial charge in [0.1, 0.15) is 11.5 Å². The van der Waals surface area contributed by atoms with Crippen molar-refractivity contribution in [3.8, 4) is 0 Å². The fourth-order valence-corrected chi connectivity index (χ4v) is 3.45. The van der Waals surface area contributed by atoms with Crippen LogP contribution < -0.4 is 5.32 Å². The van der Waals surface area contributed by atoms with Crippen LogP contribution in [0.5, 0.6) is 0 Å². The Bertz CT molecular complexity index is 540. The van der Waals surface area contributed by atoms with Crippen molar-refractivity contribution in [2.24, 2.45) is 10.9 Å². The van der Waals surface area contributed by atoms with Crippen LogP contribution in [0.3, 0.4) is 0 Å². The number of aryl methyl sites for hydroxylation is 2. The molecule has 1 N–H and O–H groups in total. The van der Waals surface area contributed by atoms with Gasteiger partial charge in [0.25, 0.3) is 0 Å². The van der Waals surface area contributed by atoms with Crippen LogP contribution in [0.1, 0.15) is 44.3 Å². The van der Waals surface area contributed by atoms with E-state index in [1.807, 2.05) is 13.8 Å². The van der Waals surface area contributed by atoms with Crippen LogP contribution >= 0.6 is 24.0 Å². The highest BCUT2D eigenvalue weighted by molar-refractivity contribution is 14.0. The van der Waals surface area contributed by atoms with E-state index in [0.29, 0.717) is 6.54 Å². The molecule has 0 aromatic carbocycles. The monoisotopic (exact) mass is 462 g/mol. The average Bonchev–Trinajstić information content (AvgIpc) is 3.15. The fourth-order valence-electron chi connectivity index (χ4n) is 3.45. The molecule has 1 unspecified atom stereocenters. The van der Waals surface area contributed by atoms with Gasteiger partial charge in [-0.3, -0.25) is 0 Å². The molecule has 1 aliphatic rings. The van der Waals surface area contributed by atoms with E-state index in [-0.39, 0.29) is 24.0 Å². The summed E-state index contributed by atoms with van der Waals surface area (Å²) in [5.74, 6) is 3.72. The summed E-state index contributed by atoms with van der Waals surface area (Å²) in [5, 5.41) is 3.45. The van der Waals surface area contributed by atoms with E-state index in [4.69, 9.17) is 9.41 Å². The molecular formula is C19H35IN4O. The zero-order valence-electron chi connectivity index (χ0n) is 16.5. The normalized spacial score (nSPS) is 17.9. The summed E-state index contributed by atoms with van der Waals surface area (Å²) in [4.78, 5) is 9.79. The standard InChI is InChI=1S/C19H34N4O.HI/c1-6-20-19(21-12-18-11-15(4)24-16(18)5)23-10-9-17(14-23)13-22(7-2)8-3;/h11,17H,6-10,12-14H2,1-5H3,(H,20,21);1H. The number of halogens is 1. The Hall–Kier alpha value is -0.760. The summed E-state index contributed by atoms with van der Waals surface area (Å²) < 4.78 is 5.61. The quantitative estimate of drug-likeness (QED) is 0.382. The van der Waals surface area contributed by atoms with E-state index in [9.17, 15) is 0 Å². The molecule has 2 heterocycles. The van der Waals surface area contributed by atoms with Gasteiger partial charge in [-0.1, -0.05) is 13.8 Å². The highest BCUT2D eigenvalue weighted by atomic mass is 127. The maximum Gasteiger partial charge on any atom is 0.194 e. The van der Waals surface area contributed by atoms with Crippen molar-refractivity contribution in [2.45, 2.75) is 47.6 Å². The SMILES string of the molecule is CCNC(=NCc1cc(C)oc1C)N1CCC(CN(CC)CC)C1.I. The maximum atomic E-state index is 5.61. The number of guanidine groups is 1. The molecule has 0 amide bonds. The minimum atomic E-state index is 0. The second-order valence-electron chi connectivity index (χ2n) is 6.70. The first-order chi connectivity index (χ1) is 11.6. The van der Waals surface area contributed by atoms with Gasteiger partial charge in [-0.2, -0.15) is 0 Å². The fraction of sp³-hybridized carbons (Fsp3) is 0.737. The van der Waals surface area contributed by atoms with Crippen LogP contribution in [0, 0.1) is 19.8 Å². The molecule has 1 atom stereocenters. The van der Waals surface area contributed by atoms with Gasteiger partial charge >= 0.3 is 0 Å². The first-order valence-electron chi connectivity index (χ1n) is 9.38. The zero-order chi connectivity index (χ0) is 17.5. The summed E-state index contributed by atoms with van der Waals surface area (Å²) in [5.41, 5.74) is 1.18. The van der Waals surface area contributed by atoms with Crippen LogP contribution in [0.4, 0.5) is 0 Å². The number of hydrogen-bond acceptors (Lipinski definition) is 3. The third-order valence-corrected chi connectivity index (χ3v) is 4.87. The van der Waals surface area contributed by atoms with Gasteiger partial charge in [-0.25, -0.2) is 4.99 Å². The van der Waals surface area contributed by atoms with E-state index in [1.54, 1.807) is 0 Å².